The second kappa shape index (κ2) is 6.12. The number of rotatable bonds is 3. The number of benzene rings is 1. The van der Waals surface area contributed by atoms with Crippen LogP contribution in [-0.4, -0.2) is 48.7 Å². The quantitative estimate of drug-likeness (QED) is 0.872. The van der Waals surface area contributed by atoms with Crippen molar-refractivity contribution >= 4 is 21.4 Å². The Morgan fingerprint density at radius 2 is 2.12 bits per heavy atom. The molecule has 0 spiro atoms. The predicted molar refractivity (Wildman–Crippen MR) is 99.0 cm³/mol. The van der Waals surface area contributed by atoms with E-state index in [1.54, 1.807) is 10.9 Å². The van der Waals surface area contributed by atoms with Crippen molar-refractivity contribution in [3.8, 4) is 0 Å². The molecule has 2 aromatic rings. The Kier molecular flexibility index (Phi) is 4.02. The van der Waals surface area contributed by atoms with Crippen molar-refractivity contribution in [3.63, 3.8) is 0 Å². The summed E-state index contributed by atoms with van der Waals surface area (Å²) in [4.78, 5) is 14.3. The number of anilines is 1. The molecule has 8 heteroatoms. The number of nitrogens with zero attached hydrogens (tertiary/aromatic N) is 3. The van der Waals surface area contributed by atoms with Gasteiger partial charge in [-0.05, 0) is 25.5 Å². The van der Waals surface area contributed by atoms with Crippen LogP contribution in [0.5, 0.6) is 0 Å². The lowest BCUT2D eigenvalue weighted by molar-refractivity contribution is 0.0958. The van der Waals surface area contributed by atoms with Gasteiger partial charge in [0.2, 0.25) is 0 Å². The van der Waals surface area contributed by atoms with Crippen molar-refractivity contribution < 1.29 is 13.2 Å². The van der Waals surface area contributed by atoms with Crippen molar-refractivity contribution in [1.29, 1.82) is 0 Å². The van der Waals surface area contributed by atoms with Crippen LogP contribution in [0.2, 0.25) is 0 Å². The summed E-state index contributed by atoms with van der Waals surface area (Å²) in [6.07, 6.45) is 4.31. The van der Waals surface area contributed by atoms with Crippen molar-refractivity contribution in [2.75, 3.05) is 29.5 Å². The SMILES string of the molecule is CC1(n2cc(CN3CCNC(=O)c4ccccc43)cn2)CCS(=O)(=O)C1. The summed E-state index contributed by atoms with van der Waals surface area (Å²) < 4.78 is 25.5. The van der Waals surface area contributed by atoms with Gasteiger partial charge in [0.25, 0.3) is 5.91 Å². The molecular formula is C18H22N4O3S. The van der Waals surface area contributed by atoms with Gasteiger partial charge in [-0.25, -0.2) is 8.42 Å². The van der Waals surface area contributed by atoms with Gasteiger partial charge in [-0.2, -0.15) is 5.10 Å². The van der Waals surface area contributed by atoms with Crippen LogP contribution in [0.15, 0.2) is 36.7 Å². The van der Waals surface area contributed by atoms with Crippen LogP contribution in [0.1, 0.15) is 29.3 Å². The zero-order valence-corrected chi connectivity index (χ0v) is 15.5. The van der Waals surface area contributed by atoms with E-state index in [-0.39, 0.29) is 17.4 Å². The number of nitrogens with one attached hydrogen (secondary N) is 1. The van der Waals surface area contributed by atoms with Crippen molar-refractivity contribution in [2.45, 2.75) is 25.4 Å². The van der Waals surface area contributed by atoms with E-state index in [2.05, 4.69) is 15.3 Å². The lowest BCUT2D eigenvalue weighted by Gasteiger charge is -2.24. The molecule has 0 bridgehead atoms. The molecule has 1 aromatic carbocycles. The molecule has 138 valence electrons. The van der Waals surface area contributed by atoms with E-state index in [9.17, 15) is 13.2 Å². The first-order valence-electron chi connectivity index (χ1n) is 8.73. The Morgan fingerprint density at radius 1 is 1.31 bits per heavy atom. The summed E-state index contributed by atoms with van der Waals surface area (Å²) in [6.45, 7) is 3.85. The molecule has 7 nitrogen and oxygen atoms in total. The van der Waals surface area contributed by atoms with E-state index < -0.39 is 15.4 Å². The Labute approximate surface area is 152 Å². The molecule has 1 saturated heterocycles. The lowest BCUT2D eigenvalue weighted by atomic mass is 10.0. The van der Waals surface area contributed by atoms with E-state index in [1.807, 2.05) is 37.4 Å². The highest BCUT2D eigenvalue weighted by Gasteiger charge is 2.40. The molecule has 4 rings (SSSR count). The summed E-state index contributed by atoms with van der Waals surface area (Å²) in [6, 6.07) is 7.58. The van der Waals surface area contributed by atoms with E-state index in [1.165, 1.54) is 0 Å². The molecule has 2 aliphatic heterocycles. The first kappa shape index (κ1) is 17.1. The molecule has 1 unspecified atom stereocenters. The molecule has 1 fully saturated rings. The standard InChI is InChI=1S/C18H22N4O3S/c1-18(6-9-26(24,25)13-18)22-12-14(10-20-22)11-21-8-7-19-17(23)15-4-2-3-5-16(15)21/h2-5,10,12H,6-9,11,13H2,1H3,(H,19,23). The maximum absolute atomic E-state index is 12.2. The molecule has 26 heavy (non-hydrogen) atoms. The largest absolute Gasteiger partial charge is 0.365 e. The fourth-order valence-corrected chi connectivity index (χ4v) is 5.88. The fraction of sp³-hybridized carbons (Fsp3) is 0.444. The summed E-state index contributed by atoms with van der Waals surface area (Å²) in [7, 11) is -2.99. The molecule has 2 aliphatic rings. The summed E-state index contributed by atoms with van der Waals surface area (Å²) in [5, 5.41) is 7.35. The molecule has 3 heterocycles. The molecule has 1 N–H and O–H groups in total. The number of para-hydroxylation sites is 1. The number of amides is 1. The second-order valence-corrected chi connectivity index (χ2v) is 9.51. The third-order valence-electron chi connectivity index (χ3n) is 5.20. The highest BCUT2D eigenvalue weighted by Crippen LogP contribution is 2.30. The van der Waals surface area contributed by atoms with Gasteiger partial charge in [0, 0.05) is 37.1 Å². The van der Waals surface area contributed by atoms with Gasteiger partial charge >= 0.3 is 0 Å². The topological polar surface area (TPSA) is 84.3 Å². The highest BCUT2D eigenvalue weighted by molar-refractivity contribution is 7.91. The van der Waals surface area contributed by atoms with E-state index in [4.69, 9.17) is 0 Å². The number of sulfone groups is 1. The lowest BCUT2D eigenvalue weighted by Crippen LogP contribution is -2.32. The second-order valence-electron chi connectivity index (χ2n) is 7.33. The van der Waals surface area contributed by atoms with Crippen LogP contribution in [0, 0.1) is 0 Å². The zero-order chi connectivity index (χ0) is 18.4. The minimum Gasteiger partial charge on any atom is -0.365 e. The average molecular weight is 374 g/mol. The minimum absolute atomic E-state index is 0.0533. The Morgan fingerprint density at radius 3 is 2.88 bits per heavy atom. The van der Waals surface area contributed by atoms with Crippen molar-refractivity contribution in [3.05, 3.63) is 47.8 Å². The third-order valence-corrected chi connectivity index (χ3v) is 7.09. The van der Waals surface area contributed by atoms with Gasteiger partial charge in [0.15, 0.2) is 9.84 Å². The van der Waals surface area contributed by atoms with E-state index in [0.717, 1.165) is 11.3 Å². The molecule has 0 aliphatic carbocycles. The summed E-state index contributed by atoms with van der Waals surface area (Å²) >= 11 is 0. The number of carbonyl (C=O) groups excluding carboxylic acids is 1. The van der Waals surface area contributed by atoms with Crippen molar-refractivity contribution in [2.24, 2.45) is 0 Å². The van der Waals surface area contributed by atoms with Crippen LogP contribution in [0.25, 0.3) is 0 Å². The van der Waals surface area contributed by atoms with Crippen LogP contribution < -0.4 is 10.2 Å². The Hall–Kier alpha value is -2.35. The first-order chi connectivity index (χ1) is 12.4. The zero-order valence-electron chi connectivity index (χ0n) is 14.7. The van der Waals surface area contributed by atoms with Crippen LogP contribution >= 0.6 is 0 Å². The highest BCUT2D eigenvalue weighted by atomic mass is 32.2. The minimum atomic E-state index is -2.99. The fourth-order valence-electron chi connectivity index (χ4n) is 3.76. The molecule has 1 amide bonds. The van der Waals surface area contributed by atoms with Gasteiger partial charge in [-0.15, -0.1) is 0 Å². The number of fused-ring (bicyclic) bond motifs is 1. The van der Waals surface area contributed by atoms with Gasteiger partial charge < -0.3 is 10.2 Å². The number of hydrogen-bond acceptors (Lipinski definition) is 5. The molecular weight excluding hydrogens is 352 g/mol. The third kappa shape index (κ3) is 3.09. The predicted octanol–water partition coefficient (Wildman–Crippen LogP) is 1.17. The van der Waals surface area contributed by atoms with Gasteiger partial charge in [-0.3, -0.25) is 9.48 Å². The van der Waals surface area contributed by atoms with Crippen LogP contribution in [0.4, 0.5) is 5.69 Å². The van der Waals surface area contributed by atoms with E-state index >= 15 is 0 Å². The number of carbonyl (C=O) groups is 1. The normalized spacial score (nSPS) is 24.8. The summed E-state index contributed by atoms with van der Waals surface area (Å²) in [5.41, 5.74) is 2.10. The maximum Gasteiger partial charge on any atom is 0.253 e. The Bertz CT molecular complexity index is 953. The average Bonchev–Trinajstić information content (AvgIpc) is 3.14. The molecule has 1 aromatic heterocycles. The summed E-state index contributed by atoms with van der Waals surface area (Å²) in [5.74, 6) is 0.292. The Balaban J connectivity index is 1.58. The molecule has 0 radical (unpaired) electrons. The monoisotopic (exact) mass is 374 g/mol. The van der Waals surface area contributed by atoms with Gasteiger partial charge in [0.1, 0.15) is 0 Å². The van der Waals surface area contributed by atoms with Crippen LogP contribution in [-0.2, 0) is 21.9 Å². The first-order valence-corrected chi connectivity index (χ1v) is 10.6. The van der Waals surface area contributed by atoms with Crippen molar-refractivity contribution in [1.82, 2.24) is 15.1 Å². The van der Waals surface area contributed by atoms with Gasteiger partial charge in [-0.1, -0.05) is 12.1 Å². The van der Waals surface area contributed by atoms with Crippen LogP contribution in [0.3, 0.4) is 0 Å². The van der Waals surface area contributed by atoms with E-state index in [0.29, 0.717) is 31.6 Å². The maximum atomic E-state index is 12.2. The smallest absolute Gasteiger partial charge is 0.253 e. The number of hydrogen-bond donors (Lipinski definition) is 1. The molecule has 0 saturated carbocycles. The molecule has 1 atom stereocenters. The number of aromatic nitrogens is 2. The van der Waals surface area contributed by atoms with Gasteiger partial charge in [0.05, 0.1) is 28.8 Å².